The van der Waals surface area contributed by atoms with Gasteiger partial charge in [0, 0.05) is 22.7 Å². The lowest BCUT2D eigenvalue weighted by Crippen LogP contribution is -2.05. The van der Waals surface area contributed by atoms with Crippen LogP contribution in [0.15, 0.2) is 46.5 Å². The van der Waals surface area contributed by atoms with Crippen molar-refractivity contribution >= 4 is 27.7 Å². The third kappa shape index (κ3) is 3.73. The molecule has 0 fully saturated rings. The first-order valence-electron chi connectivity index (χ1n) is 6.53. The van der Waals surface area contributed by atoms with E-state index in [1.807, 2.05) is 6.08 Å². The van der Waals surface area contributed by atoms with Gasteiger partial charge in [-0.15, -0.1) is 16.8 Å². The van der Waals surface area contributed by atoms with Gasteiger partial charge >= 0.3 is 0 Å². The largest absolute Gasteiger partial charge is 0.302 e. The van der Waals surface area contributed by atoms with Crippen LogP contribution in [0.1, 0.15) is 31.2 Å². The fourth-order valence-corrected chi connectivity index (χ4v) is 3.04. The second kappa shape index (κ2) is 7.09. The van der Waals surface area contributed by atoms with Crippen molar-refractivity contribution in [3.8, 4) is 0 Å². The molecule has 0 spiro atoms. The zero-order valence-electron chi connectivity index (χ0n) is 11.7. The Kier molecular flexibility index (Phi) is 5.43. The van der Waals surface area contributed by atoms with Crippen LogP contribution < -0.4 is 0 Å². The maximum Gasteiger partial charge on any atom is 0.191 e. The molecular formula is C15H18BrN3S. The minimum Gasteiger partial charge on any atom is -0.302 e. The summed E-state index contributed by atoms with van der Waals surface area (Å²) < 4.78 is 3.24. The number of halogens is 1. The number of hydrogen-bond donors (Lipinski definition) is 0. The van der Waals surface area contributed by atoms with Crippen molar-refractivity contribution in [2.24, 2.45) is 0 Å². The van der Waals surface area contributed by atoms with Crippen LogP contribution in [-0.2, 0) is 12.3 Å². The van der Waals surface area contributed by atoms with Crippen LogP contribution in [0.5, 0.6) is 0 Å². The predicted octanol–water partition coefficient (Wildman–Crippen LogP) is 4.64. The summed E-state index contributed by atoms with van der Waals surface area (Å²) in [4.78, 5) is 0. The van der Waals surface area contributed by atoms with Gasteiger partial charge in [0.15, 0.2) is 5.16 Å². The first kappa shape index (κ1) is 15.3. The van der Waals surface area contributed by atoms with Crippen molar-refractivity contribution in [2.75, 3.05) is 0 Å². The van der Waals surface area contributed by atoms with E-state index in [0.29, 0.717) is 5.92 Å². The lowest BCUT2D eigenvalue weighted by atomic mass is 10.2. The first-order valence-corrected chi connectivity index (χ1v) is 8.31. The summed E-state index contributed by atoms with van der Waals surface area (Å²) in [6.07, 6.45) is 1.89. The highest BCUT2D eigenvalue weighted by Crippen LogP contribution is 2.25. The minimum absolute atomic E-state index is 0.365. The van der Waals surface area contributed by atoms with Gasteiger partial charge in [-0.1, -0.05) is 59.7 Å². The molecule has 0 aliphatic carbocycles. The van der Waals surface area contributed by atoms with Crippen LogP contribution in [0.2, 0.25) is 0 Å². The first-order chi connectivity index (χ1) is 9.61. The molecule has 1 aromatic heterocycles. The molecule has 0 unspecified atom stereocenters. The minimum atomic E-state index is 0.365. The van der Waals surface area contributed by atoms with E-state index in [1.54, 1.807) is 11.8 Å². The van der Waals surface area contributed by atoms with Gasteiger partial charge in [-0.2, -0.15) is 0 Å². The summed E-state index contributed by atoms with van der Waals surface area (Å²) in [5.41, 5.74) is 1.28. The van der Waals surface area contributed by atoms with E-state index < -0.39 is 0 Å². The zero-order valence-corrected chi connectivity index (χ0v) is 14.1. The van der Waals surface area contributed by atoms with Gasteiger partial charge in [-0.3, -0.25) is 0 Å². The van der Waals surface area contributed by atoms with Crippen LogP contribution in [-0.4, -0.2) is 14.8 Å². The highest BCUT2D eigenvalue weighted by molar-refractivity contribution is 9.10. The Morgan fingerprint density at radius 2 is 2.00 bits per heavy atom. The maximum atomic E-state index is 4.31. The molecule has 0 N–H and O–H groups in total. The molecule has 0 radical (unpaired) electrons. The number of rotatable bonds is 6. The van der Waals surface area contributed by atoms with Crippen molar-refractivity contribution in [2.45, 2.75) is 37.2 Å². The van der Waals surface area contributed by atoms with Crippen LogP contribution in [0.25, 0.3) is 0 Å². The van der Waals surface area contributed by atoms with E-state index in [0.717, 1.165) is 27.8 Å². The number of benzene rings is 1. The predicted molar refractivity (Wildman–Crippen MR) is 88.0 cm³/mol. The summed E-state index contributed by atoms with van der Waals surface area (Å²) in [7, 11) is 0. The molecule has 1 heterocycles. The van der Waals surface area contributed by atoms with Crippen molar-refractivity contribution in [1.29, 1.82) is 0 Å². The monoisotopic (exact) mass is 351 g/mol. The molecule has 0 amide bonds. The van der Waals surface area contributed by atoms with Crippen molar-refractivity contribution in [1.82, 2.24) is 14.8 Å². The fraction of sp³-hybridized carbons (Fsp3) is 0.333. The molecule has 2 aromatic rings. The third-order valence-electron chi connectivity index (χ3n) is 2.85. The zero-order chi connectivity index (χ0) is 14.5. The molecular weight excluding hydrogens is 334 g/mol. The SMILES string of the molecule is C=CCn1c(SCc2ccc(Br)cc2)nnc1C(C)C. The van der Waals surface area contributed by atoms with Gasteiger partial charge in [-0.25, -0.2) is 0 Å². The van der Waals surface area contributed by atoms with Gasteiger partial charge < -0.3 is 4.57 Å². The van der Waals surface area contributed by atoms with E-state index in [1.165, 1.54) is 5.56 Å². The molecule has 5 heteroatoms. The Morgan fingerprint density at radius 3 is 2.60 bits per heavy atom. The number of hydrogen-bond acceptors (Lipinski definition) is 3. The highest BCUT2D eigenvalue weighted by atomic mass is 79.9. The molecule has 0 saturated carbocycles. The highest BCUT2D eigenvalue weighted by Gasteiger charge is 2.14. The Bertz CT molecular complexity index is 575. The Morgan fingerprint density at radius 1 is 1.30 bits per heavy atom. The van der Waals surface area contributed by atoms with Gasteiger partial charge in [0.1, 0.15) is 5.82 Å². The Hall–Kier alpha value is -1.07. The molecule has 0 aliphatic rings. The molecule has 106 valence electrons. The second-order valence-electron chi connectivity index (χ2n) is 4.81. The topological polar surface area (TPSA) is 30.7 Å². The molecule has 2 rings (SSSR count). The van der Waals surface area contributed by atoms with E-state index in [-0.39, 0.29) is 0 Å². The molecule has 0 saturated heterocycles. The van der Waals surface area contributed by atoms with E-state index in [4.69, 9.17) is 0 Å². The van der Waals surface area contributed by atoms with Gasteiger partial charge in [0.2, 0.25) is 0 Å². The Labute approximate surface area is 132 Å². The van der Waals surface area contributed by atoms with Crippen molar-refractivity contribution in [3.05, 3.63) is 52.8 Å². The van der Waals surface area contributed by atoms with Crippen LogP contribution in [0.3, 0.4) is 0 Å². The summed E-state index contributed by atoms with van der Waals surface area (Å²) in [5, 5.41) is 9.56. The molecule has 3 nitrogen and oxygen atoms in total. The van der Waals surface area contributed by atoms with Gasteiger partial charge in [-0.05, 0) is 17.7 Å². The number of aromatic nitrogens is 3. The van der Waals surface area contributed by atoms with E-state index in [9.17, 15) is 0 Å². The molecule has 1 aromatic carbocycles. The lowest BCUT2D eigenvalue weighted by molar-refractivity contribution is 0.641. The summed E-state index contributed by atoms with van der Waals surface area (Å²) in [6.45, 7) is 8.83. The van der Waals surface area contributed by atoms with Gasteiger partial charge in [0.05, 0.1) is 0 Å². The van der Waals surface area contributed by atoms with E-state index in [2.05, 4.69) is 75.4 Å². The molecule has 0 bridgehead atoms. The van der Waals surface area contributed by atoms with Crippen LogP contribution in [0, 0.1) is 0 Å². The van der Waals surface area contributed by atoms with Gasteiger partial charge in [0.25, 0.3) is 0 Å². The summed E-state index contributed by atoms with van der Waals surface area (Å²) >= 11 is 5.16. The Balaban J connectivity index is 2.12. The van der Waals surface area contributed by atoms with Crippen LogP contribution >= 0.6 is 27.7 Å². The number of nitrogens with zero attached hydrogens (tertiary/aromatic N) is 3. The van der Waals surface area contributed by atoms with Crippen molar-refractivity contribution < 1.29 is 0 Å². The number of allylic oxidation sites excluding steroid dienone is 1. The van der Waals surface area contributed by atoms with E-state index >= 15 is 0 Å². The molecule has 0 atom stereocenters. The second-order valence-corrected chi connectivity index (χ2v) is 6.67. The normalized spacial score (nSPS) is 11.0. The smallest absolute Gasteiger partial charge is 0.191 e. The fourth-order valence-electron chi connectivity index (χ4n) is 1.86. The molecule has 20 heavy (non-hydrogen) atoms. The quantitative estimate of drug-likeness (QED) is 0.560. The molecule has 0 aliphatic heterocycles. The number of thioether (sulfide) groups is 1. The lowest BCUT2D eigenvalue weighted by Gasteiger charge is -2.09. The standard InChI is InChI=1S/C15H18BrN3S/c1-4-9-19-14(11(2)3)17-18-15(19)20-10-12-5-7-13(16)8-6-12/h4-8,11H,1,9-10H2,2-3H3. The average Bonchev–Trinajstić information content (AvgIpc) is 2.82. The van der Waals surface area contributed by atoms with Crippen LogP contribution in [0.4, 0.5) is 0 Å². The summed E-state index contributed by atoms with van der Waals surface area (Å²) in [6, 6.07) is 8.36. The maximum absolute atomic E-state index is 4.31. The average molecular weight is 352 g/mol. The third-order valence-corrected chi connectivity index (χ3v) is 4.42. The van der Waals surface area contributed by atoms with Crippen molar-refractivity contribution in [3.63, 3.8) is 0 Å². The summed E-state index contributed by atoms with van der Waals surface area (Å²) in [5.74, 6) is 2.27.